The number of hydrogen-bond acceptors (Lipinski definition) is 11. The summed E-state index contributed by atoms with van der Waals surface area (Å²) in [7, 11) is 0. The number of hydrogen-bond donors (Lipinski definition) is 6. The summed E-state index contributed by atoms with van der Waals surface area (Å²) < 4.78 is 6.00. The lowest BCUT2D eigenvalue weighted by atomic mass is 10.1. The highest BCUT2D eigenvalue weighted by molar-refractivity contribution is 5.94. The topological polar surface area (TPSA) is 237 Å². The summed E-state index contributed by atoms with van der Waals surface area (Å²) in [5.74, 6) is 0.0162. The molecule has 4 amide bonds. The Morgan fingerprint density at radius 1 is 0.486 bits per heavy atom. The van der Waals surface area contributed by atoms with Gasteiger partial charge in [-0.2, -0.15) is 10.2 Å². The summed E-state index contributed by atoms with van der Waals surface area (Å²) in [5, 5.41) is 14.6. The van der Waals surface area contributed by atoms with Gasteiger partial charge in [-0.25, -0.2) is 0 Å². The quantitative estimate of drug-likeness (QED) is 0.0273. The predicted molar refractivity (Wildman–Crippen MR) is 296 cm³/mol. The number of azo groups is 1. The van der Waals surface area contributed by atoms with E-state index < -0.39 is 12.1 Å². The number of unbranched alkanes of at least 4 members (excludes halogenated alkanes) is 20. The van der Waals surface area contributed by atoms with Crippen LogP contribution in [-0.2, 0) is 14.4 Å². The molecule has 10 N–H and O–H groups in total. The van der Waals surface area contributed by atoms with E-state index in [9.17, 15) is 19.2 Å². The third-order valence-electron chi connectivity index (χ3n) is 13.2. The third kappa shape index (κ3) is 31.2. The molecule has 72 heavy (non-hydrogen) atoms. The second kappa shape index (κ2) is 43.0. The molecule has 0 unspecified atom stereocenters. The molecule has 0 saturated carbocycles. The van der Waals surface area contributed by atoms with Crippen molar-refractivity contribution in [3.05, 3.63) is 54.1 Å². The summed E-state index contributed by atoms with van der Waals surface area (Å²) in [6, 6.07) is 12.9. The Balaban J connectivity index is 1.95. The van der Waals surface area contributed by atoms with Gasteiger partial charge in [-0.3, -0.25) is 19.2 Å². The van der Waals surface area contributed by atoms with E-state index in [1.54, 1.807) is 53.4 Å². The van der Waals surface area contributed by atoms with E-state index in [4.69, 9.17) is 27.7 Å². The van der Waals surface area contributed by atoms with Crippen LogP contribution in [0.5, 0.6) is 5.75 Å². The van der Waals surface area contributed by atoms with Crippen molar-refractivity contribution in [2.75, 3.05) is 59.0 Å². The number of carbonyl (C=O) groups excluding carboxylic acids is 4. The average molecular weight is 1010 g/mol. The molecule has 0 radical (unpaired) electrons. The Morgan fingerprint density at radius 2 is 0.861 bits per heavy atom. The van der Waals surface area contributed by atoms with Crippen molar-refractivity contribution >= 4 is 35.0 Å². The molecule has 2 atom stereocenters. The van der Waals surface area contributed by atoms with Gasteiger partial charge in [-0.15, -0.1) is 0 Å². The maximum Gasteiger partial charge on any atom is 0.260 e. The molecule has 0 aliphatic rings. The number of benzene rings is 2. The van der Waals surface area contributed by atoms with Crippen LogP contribution in [0.2, 0.25) is 0 Å². The Labute approximate surface area is 435 Å². The minimum atomic E-state index is -0.602. The van der Waals surface area contributed by atoms with E-state index in [1.807, 2.05) is 4.90 Å². The molecule has 15 nitrogen and oxygen atoms in total. The van der Waals surface area contributed by atoms with Crippen molar-refractivity contribution in [2.45, 2.75) is 206 Å². The molecule has 0 spiro atoms. The van der Waals surface area contributed by atoms with E-state index in [2.05, 4.69) is 34.7 Å². The molecular weight excluding hydrogens is 905 g/mol. The standard InChI is InChI=1S/C57H100N10O5/c1-3-5-7-9-11-13-15-17-19-25-43-66(44-26-20-18-16-14-12-10-8-6-4-2)54(68)47-72-51-37-35-50(36-38-51)65-64-49-33-31-48(32-34-49)57(71)67(45-27-41-62-55(69)52(60)29-21-23-39-58)46-28-42-63-56(70)53(61)30-22-24-40-59/h31-38,52-53H,3-30,39-47,58-61H2,1-2H3,(H,62,69)(H,63,70)/t52-,53-/m0/s1. The highest BCUT2D eigenvalue weighted by Crippen LogP contribution is 2.23. The second-order valence-corrected chi connectivity index (χ2v) is 19.6. The van der Waals surface area contributed by atoms with Crippen molar-refractivity contribution in [1.82, 2.24) is 20.4 Å². The Bertz CT molecular complexity index is 1650. The minimum absolute atomic E-state index is 0.00135. The van der Waals surface area contributed by atoms with Gasteiger partial charge in [0.2, 0.25) is 11.8 Å². The highest BCUT2D eigenvalue weighted by Gasteiger charge is 2.19. The van der Waals surface area contributed by atoms with Crippen LogP contribution < -0.4 is 38.3 Å². The van der Waals surface area contributed by atoms with Crippen LogP contribution in [0.4, 0.5) is 11.4 Å². The van der Waals surface area contributed by atoms with Crippen molar-refractivity contribution in [3.63, 3.8) is 0 Å². The molecule has 0 bridgehead atoms. The summed E-state index contributed by atoms with van der Waals surface area (Å²) >= 11 is 0. The van der Waals surface area contributed by atoms with Crippen molar-refractivity contribution in [2.24, 2.45) is 33.2 Å². The van der Waals surface area contributed by atoms with Gasteiger partial charge in [-0.1, -0.05) is 142 Å². The predicted octanol–water partition coefficient (Wildman–Crippen LogP) is 10.5. The fourth-order valence-electron chi connectivity index (χ4n) is 8.57. The van der Waals surface area contributed by atoms with Gasteiger partial charge >= 0.3 is 0 Å². The Morgan fingerprint density at radius 3 is 1.26 bits per heavy atom. The van der Waals surface area contributed by atoms with Crippen LogP contribution in [0.25, 0.3) is 0 Å². The number of nitrogens with one attached hydrogen (secondary N) is 2. The van der Waals surface area contributed by atoms with Crippen molar-refractivity contribution < 1.29 is 23.9 Å². The first-order valence-electron chi connectivity index (χ1n) is 28.4. The van der Waals surface area contributed by atoms with Crippen LogP contribution in [0, 0.1) is 0 Å². The van der Waals surface area contributed by atoms with Crippen LogP contribution in [0.1, 0.15) is 204 Å². The summed E-state index contributed by atoms with van der Waals surface area (Å²) in [5.41, 5.74) is 24.9. The first-order valence-corrected chi connectivity index (χ1v) is 28.4. The number of amides is 4. The van der Waals surface area contributed by atoms with E-state index in [1.165, 1.54) is 103 Å². The van der Waals surface area contributed by atoms with Gasteiger partial charge in [0.25, 0.3) is 11.8 Å². The van der Waals surface area contributed by atoms with Crippen LogP contribution >= 0.6 is 0 Å². The van der Waals surface area contributed by atoms with Crippen LogP contribution in [0.3, 0.4) is 0 Å². The van der Waals surface area contributed by atoms with Crippen LogP contribution in [-0.4, -0.2) is 104 Å². The van der Waals surface area contributed by atoms with E-state index in [-0.39, 0.29) is 30.2 Å². The first-order chi connectivity index (χ1) is 35.1. The summed E-state index contributed by atoms with van der Waals surface area (Å²) in [6.07, 6.45) is 30.7. The zero-order valence-electron chi connectivity index (χ0n) is 45.1. The molecule has 2 aromatic carbocycles. The van der Waals surface area contributed by atoms with E-state index in [0.29, 0.717) is 87.6 Å². The molecule has 0 heterocycles. The second-order valence-electron chi connectivity index (χ2n) is 19.6. The number of ether oxygens (including phenoxy) is 1. The SMILES string of the molecule is CCCCCCCCCCCCN(CCCCCCCCCCCC)C(=O)COc1ccc(N=Nc2ccc(C(=O)N(CCCNC(=O)[C@@H](N)CCCCN)CCCNC(=O)[C@@H](N)CCCCN)cc2)cc1. The monoisotopic (exact) mass is 1000 g/mol. The maximum atomic E-state index is 13.8. The zero-order valence-corrected chi connectivity index (χ0v) is 45.1. The Hall–Kier alpha value is -4.44. The molecule has 0 fully saturated rings. The van der Waals surface area contributed by atoms with Gasteiger partial charge < -0.3 is 48.1 Å². The summed E-state index contributed by atoms with van der Waals surface area (Å²) in [4.78, 5) is 56.1. The molecule has 15 heteroatoms. The maximum absolute atomic E-state index is 13.8. The van der Waals surface area contributed by atoms with Gasteiger partial charge in [0.1, 0.15) is 5.75 Å². The number of carbonyl (C=O) groups is 4. The van der Waals surface area contributed by atoms with Crippen molar-refractivity contribution in [1.29, 1.82) is 0 Å². The zero-order chi connectivity index (χ0) is 52.3. The van der Waals surface area contributed by atoms with Gasteiger partial charge in [-0.05, 0) is 113 Å². The lowest BCUT2D eigenvalue weighted by Gasteiger charge is -2.23. The van der Waals surface area contributed by atoms with Gasteiger partial charge in [0.15, 0.2) is 6.61 Å². The molecule has 2 aromatic rings. The Kier molecular flexibility index (Phi) is 38.0. The minimum Gasteiger partial charge on any atom is -0.484 e. The molecule has 2 rings (SSSR count). The normalized spacial score (nSPS) is 12.2. The third-order valence-corrected chi connectivity index (χ3v) is 13.2. The number of nitrogens with two attached hydrogens (primary N) is 4. The molecule has 0 aliphatic heterocycles. The van der Waals surface area contributed by atoms with Gasteiger partial charge in [0, 0.05) is 44.8 Å². The molecular formula is C57H100N10O5. The first kappa shape index (κ1) is 63.7. The lowest BCUT2D eigenvalue weighted by Crippen LogP contribution is -2.43. The van der Waals surface area contributed by atoms with Crippen LogP contribution in [0.15, 0.2) is 58.8 Å². The smallest absolute Gasteiger partial charge is 0.260 e. The fourth-order valence-corrected chi connectivity index (χ4v) is 8.57. The van der Waals surface area contributed by atoms with E-state index >= 15 is 0 Å². The molecule has 0 aromatic heterocycles. The molecule has 408 valence electrons. The molecule has 0 aliphatic carbocycles. The number of nitrogens with zero attached hydrogens (tertiary/aromatic N) is 4. The van der Waals surface area contributed by atoms with Gasteiger partial charge in [0.05, 0.1) is 23.5 Å². The number of rotatable bonds is 46. The molecule has 0 saturated heterocycles. The average Bonchev–Trinajstić information content (AvgIpc) is 3.39. The fraction of sp³-hybridized carbons (Fsp3) is 0.719. The lowest BCUT2D eigenvalue weighted by molar-refractivity contribution is -0.133. The van der Waals surface area contributed by atoms with Crippen molar-refractivity contribution in [3.8, 4) is 5.75 Å². The largest absolute Gasteiger partial charge is 0.484 e. The summed E-state index contributed by atoms with van der Waals surface area (Å²) in [6.45, 7) is 8.71. The highest BCUT2D eigenvalue weighted by atomic mass is 16.5. The van der Waals surface area contributed by atoms with E-state index in [0.717, 1.165) is 64.5 Å².